The lowest BCUT2D eigenvalue weighted by molar-refractivity contribution is 0.166. The van der Waals surface area contributed by atoms with Crippen molar-refractivity contribution in [3.8, 4) is 0 Å². The molecule has 1 fully saturated rings. The Hall–Kier alpha value is -1.19. The van der Waals surface area contributed by atoms with E-state index in [9.17, 15) is 4.39 Å². The molecule has 0 aliphatic carbocycles. The third-order valence-electron chi connectivity index (χ3n) is 3.49. The predicted molar refractivity (Wildman–Crippen MR) is 73.0 cm³/mol. The molecule has 1 aromatic rings. The number of halogens is 1. The largest absolute Gasteiger partial charge is 0.314 e. The molecule has 18 heavy (non-hydrogen) atoms. The number of nitrogens with one attached hydrogen (secondary N) is 1. The summed E-state index contributed by atoms with van der Waals surface area (Å²) >= 11 is 0. The zero-order valence-electron chi connectivity index (χ0n) is 10.7. The monoisotopic (exact) mass is 248 g/mol. The van der Waals surface area contributed by atoms with Gasteiger partial charge in [0.1, 0.15) is 5.82 Å². The fourth-order valence-corrected chi connectivity index (χ4v) is 2.51. The third kappa shape index (κ3) is 3.40. The SMILES string of the molecule is C=CCC[C@H](c1ccc(F)cc1)N1CCNCC1. The van der Waals surface area contributed by atoms with Crippen LogP contribution in [0.3, 0.4) is 0 Å². The summed E-state index contributed by atoms with van der Waals surface area (Å²) in [6.07, 6.45) is 4.00. The summed E-state index contributed by atoms with van der Waals surface area (Å²) in [7, 11) is 0. The van der Waals surface area contributed by atoms with Crippen molar-refractivity contribution in [2.75, 3.05) is 26.2 Å². The van der Waals surface area contributed by atoms with Gasteiger partial charge in [0, 0.05) is 32.2 Å². The highest BCUT2D eigenvalue weighted by atomic mass is 19.1. The minimum atomic E-state index is -0.165. The lowest BCUT2D eigenvalue weighted by Gasteiger charge is -2.35. The van der Waals surface area contributed by atoms with Crippen LogP contribution in [0.2, 0.25) is 0 Å². The van der Waals surface area contributed by atoms with Crippen molar-refractivity contribution in [1.29, 1.82) is 0 Å². The average molecular weight is 248 g/mol. The predicted octanol–water partition coefficient (Wildman–Crippen LogP) is 2.74. The summed E-state index contributed by atoms with van der Waals surface area (Å²) < 4.78 is 13.0. The minimum Gasteiger partial charge on any atom is -0.314 e. The Morgan fingerprint density at radius 3 is 2.56 bits per heavy atom. The van der Waals surface area contributed by atoms with Gasteiger partial charge in [-0.2, -0.15) is 0 Å². The van der Waals surface area contributed by atoms with E-state index in [0.717, 1.165) is 39.0 Å². The van der Waals surface area contributed by atoms with E-state index in [1.54, 1.807) is 12.1 Å². The number of benzene rings is 1. The average Bonchev–Trinajstić information content (AvgIpc) is 2.42. The second-order valence-electron chi connectivity index (χ2n) is 4.72. The van der Waals surface area contributed by atoms with E-state index in [-0.39, 0.29) is 5.82 Å². The molecule has 0 amide bonds. The van der Waals surface area contributed by atoms with Gasteiger partial charge < -0.3 is 5.32 Å². The molecular formula is C15H21FN2. The zero-order valence-corrected chi connectivity index (χ0v) is 10.7. The Kier molecular flexibility index (Phi) is 4.90. The molecule has 1 aliphatic heterocycles. The maximum atomic E-state index is 13.0. The first kappa shape index (κ1) is 13.2. The van der Waals surface area contributed by atoms with E-state index in [4.69, 9.17) is 0 Å². The summed E-state index contributed by atoms with van der Waals surface area (Å²) in [5, 5.41) is 3.36. The molecular weight excluding hydrogens is 227 g/mol. The van der Waals surface area contributed by atoms with Gasteiger partial charge in [-0.15, -0.1) is 6.58 Å². The number of hydrogen-bond acceptors (Lipinski definition) is 2. The van der Waals surface area contributed by atoms with Crippen LogP contribution in [-0.4, -0.2) is 31.1 Å². The second-order valence-corrected chi connectivity index (χ2v) is 4.72. The highest BCUT2D eigenvalue weighted by Gasteiger charge is 2.21. The van der Waals surface area contributed by atoms with Crippen LogP contribution in [0, 0.1) is 5.82 Å². The molecule has 3 heteroatoms. The Morgan fingerprint density at radius 2 is 1.94 bits per heavy atom. The Balaban J connectivity index is 2.12. The molecule has 2 nitrogen and oxygen atoms in total. The number of hydrogen-bond donors (Lipinski definition) is 1. The topological polar surface area (TPSA) is 15.3 Å². The molecule has 98 valence electrons. The molecule has 0 aromatic heterocycles. The van der Waals surface area contributed by atoms with E-state index >= 15 is 0 Å². The molecule has 0 saturated carbocycles. The molecule has 1 saturated heterocycles. The lowest BCUT2D eigenvalue weighted by atomic mass is 9.99. The molecule has 2 rings (SSSR count). The van der Waals surface area contributed by atoms with Crippen LogP contribution >= 0.6 is 0 Å². The molecule has 1 heterocycles. The highest BCUT2D eigenvalue weighted by molar-refractivity contribution is 5.20. The van der Waals surface area contributed by atoms with Crippen molar-refractivity contribution in [3.63, 3.8) is 0 Å². The molecule has 0 unspecified atom stereocenters. The van der Waals surface area contributed by atoms with Gasteiger partial charge in [0.25, 0.3) is 0 Å². The van der Waals surface area contributed by atoms with Gasteiger partial charge in [-0.25, -0.2) is 4.39 Å². The normalized spacial score (nSPS) is 18.5. The fraction of sp³-hybridized carbons (Fsp3) is 0.467. The van der Waals surface area contributed by atoms with Gasteiger partial charge >= 0.3 is 0 Å². The van der Waals surface area contributed by atoms with E-state index in [0.29, 0.717) is 6.04 Å². The summed E-state index contributed by atoms with van der Waals surface area (Å²) in [5.74, 6) is -0.165. The number of rotatable bonds is 5. The smallest absolute Gasteiger partial charge is 0.123 e. The lowest BCUT2D eigenvalue weighted by Crippen LogP contribution is -2.45. The van der Waals surface area contributed by atoms with Crippen molar-refractivity contribution >= 4 is 0 Å². The number of allylic oxidation sites excluding steroid dienone is 1. The third-order valence-corrected chi connectivity index (χ3v) is 3.49. The Morgan fingerprint density at radius 1 is 1.28 bits per heavy atom. The van der Waals surface area contributed by atoms with Crippen LogP contribution in [0.1, 0.15) is 24.4 Å². The summed E-state index contributed by atoms with van der Waals surface area (Å²) in [5.41, 5.74) is 1.21. The molecule has 0 spiro atoms. The molecule has 0 bridgehead atoms. The Labute approximate surface area is 108 Å². The van der Waals surface area contributed by atoms with Crippen LogP contribution < -0.4 is 5.32 Å². The molecule has 0 radical (unpaired) electrons. The van der Waals surface area contributed by atoms with Crippen molar-refractivity contribution in [3.05, 3.63) is 48.3 Å². The van der Waals surface area contributed by atoms with Crippen LogP contribution in [0.15, 0.2) is 36.9 Å². The summed E-state index contributed by atoms with van der Waals surface area (Å²) in [4.78, 5) is 2.48. The van der Waals surface area contributed by atoms with Crippen LogP contribution in [-0.2, 0) is 0 Å². The van der Waals surface area contributed by atoms with Crippen LogP contribution in [0.5, 0.6) is 0 Å². The van der Waals surface area contributed by atoms with Gasteiger partial charge in [-0.05, 0) is 30.5 Å². The second kappa shape index (κ2) is 6.66. The van der Waals surface area contributed by atoms with Crippen LogP contribution in [0.25, 0.3) is 0 Å². The van der Waals surface area contributed by atoms with E-state index < -0.39 is 0 Å². The van der Waals surface area contributed by atoms with E-state index in [2.05, 4.69) is 16.8 Å². The summed E-state index contributed by atoms with van der Waals surface area (Å²) in [6, 6.07) is 7.30. The van der Waals surface area contributed by atoms with Crippen molar-refractivity contribution in [2.45, 2.75) is 18.9 Å². The van der Waals surface area contributed by atoms with Crippen molar-refractivity contribution in [2.24, 2.45) is 0 Å². The maximum Gasteiger partial charge on any atom is 0.123 e. The molecule has 1 atom stereocenters. The molecule has 1 N–H and O–H groups in total. The first-order valence-corrected chi connectivity index (χ1v) is 6.62. The number of piperazine rings is 1. The quantitative estimate of drug-likeness (QED) is 0.806. The van der Waals surface area contributed by atoms with Gasteiger partial charge in [0.05, 0.1) is 0 Å². The highest BCUT2D eigenvalue weighted by Crippen LogP contribution is 2.26. The zero-order chi connectivity index (χ0) is 12.8. The molecule has 1 aromatic carbocycles. The number of nitrogens with zero attached hydrogens (tertiary/aromatic N) is 1. The van der Waals surface area contributed by atoms with E-state index in [1.807, 2.05) is 18.2 Å². The van der Waals surface area contributed by atoms with Crippen LogP contribution in [0.4, 0.5) is 4.39 Å². The minimum absolute atomic E-state index is 0.165. The fourth-order valence-electron chi connectivity index (χ4n) is 2.51. The van der Waals surface area contributed by atoms with Gasteiger partial charge in [-0.3, -0.25) is 4.90 Å². The van der Waals surface area contributed by atoms with Crippen molar-refractivity contribution in [1.82, 2.24) is 10.2 Å². The van der Waals surface area contributed by atoms with Gasteiger partial charge in [0.2, 0.25) is 0 Å². The first-order valence-electron chi connectivity index (χ1n) is 6.62. The summed E-state index contributed by atoms with van der Waals surface area (Å²) in [6.45, 7) is 7.97. The first-order chi connectivity index (χ1) is 8.81. The van der Waals surface area contributed by atoms with Crippen molar-refractivity contribution < 1.29 is 4.39 Å². The standard InChI is InChI=1S/C15H21FN2/c1-2-3-4-15(18-11-9-17-10-12-18)13-5-7-14(16)8-6-13/h2,5-8,15,17H,1,3-4,9-12H2/t15-/m1/s1. The van der Waals surface area contributed by atoms with E-state index in [1.165, 1.54) is 5.56 Å². The molecule has 1 aliphatic rings. The maximum absolute atomic E-state index is 13.0. The van der Waals surface area contributed by atoms with Gasteiger partial charge in [-0.1, -0.05) is 18.2 Å². The van der Waals surface area contributed by atoms with Gasteiger partial charge in [0.15, 0.2) is 0 Å². The Bertz CT molecular complexity index is 369.